The number of hydrogen-bond donors (Lipinski definition) is 1. The second-order valence-electron chi connectivity index (χ2n) is 8.38. The first kappa shape index (κ1) is 24.8. The van der Waals surface area contributed by atoms with Gasteiger partial charge in [-0.05, 0) is 93.3 Å². The summed E-state index contributed by atoms with van der Waals surface area (Å²) in [6, 6.07) is 16.9. The molecule has 0 aliphatic rings. The molecule has 0 unspecified atom stereocenters. The number of nitrogens with zero attached hydrogens (tertiary/aromatic N) is 1. The van der Waals surface area contributed by atoms with Crippen LogP contribution < -0.4 is 9.62 Å². The number of benzene rings is 3. The fraction of sp³-hybridized carbons (Fsp3) is 0.269. The normalized spacial score (nSPS) is 12.3. The summed E-state index contributed by atoms with van der Waals surface area (Å²) in [5.74, 6) is -0.391. The van der Waals surface area contributed by atoms with E-state index in [-0.39, 0.29) is 17.5 Å². The Morgan fingerprint density at radius 2 is 1.48 bits per heavy atom. The largest absolute Gasteiger partial charge is 0.348 e. The fourth-order valence-electron chi connectivity index (χ4n) is 3.70. The van der Waals surface area contributed by atoms with Gasteiger partial charge in [0, 0.05) is 5.02 Å². The van der Waals surface area contributed by atoms with E-state index in [1.54, 1.807) is 12.1 Å². The molecule has 1 amide bonds. The summed E-state index contributed by atoms with van der Waals surface area (Å²) in [6.45, 7) is 9.57. The van der Waals surface area contributed by atoms with Gasteiger partial charge in [0.1, 0.15) is 6.54 Å². The number of carbonyl (C=O) groups is 1. The molecule has 0 aromatic heterocycles. The highest BCUT2D eigenvalue weighted by Gasteiger charge is 2.28. The third-order valence-electron chi connectivity index (χ3n) is 5.74. The molecule has 174 valence electrons. The van der Waals surface area contributed by atoms with Crippen molar-refractivity contribution in [1.82, 2.24) is 5.32 Å². The van der Waals surface area contributed by atoms with Crippen molar-refractivity contribution in [2.45, 2.75) is 45.6 Å². The van der Waals surface area contributed by atoms with E-state index in [9.17, 15) is 13.2 Å². The zero-order chi connectivity index (χ0) is 24.3. The van der Waals surface area contributed by atoms with Crippen molar-refractivity contribution >= 4 is 33.2 Å². The van der Waals surface area contributed by atoms with Gasteiger partial charge < -0.3 is 5.32 Å². The minimum absolute atomic E-state index is 0.0679. The lowest BCUT2D eigenvalue weighted by Gasteiger charge is -2.26. The van der Waals surface area contributed by atoms with Crippen molar-refractivity contribution in [3.8, 4) is 0 Å². The average molecular weight is 485 g/mol. The molecule has 3 rings (SSSR count). The molecule has 0 saturated carbocycles. The number of hydrogen-bond acceptors (Lipinski definition) is 3. The molecule has 3 aromatic rings. The molecular weight excluding hydrogens is 456 g/mol. The molecule has 0 saturated heterocycles. The third kappa shape index (κ3) is 5.75. The molecule has 5 nitrogen and oxygen atoms in total. The molecule has 1 atom stereocenters. The predicted molar refractivity (Wildman–Crippen MR) is 134 cm³/mol. The second-order valence-corrected chi connectivity index (χ2v) is 10.7. The molecule has 0 aliphatic heterocycles. The maximum absolute atomic E-state index is 13.5. The molecule has 0 fully saturated rings. The lowest BCUT2D eigenvalue weighted by atomic mass is 9.96. The van der Waals surface area contributed by atoms with E-state index >= 15 is 0 Å². The van der Waals surface area contributed by atoms with E-state index in [1.807, 2.05) is 39.8 Å². The molecule has 0 radical (unpaired) electrons. The van der Waals surface area contributed by atoms with E-state index in [0.717, 1.165) is 26.6 Å². The second kappa shape index (κ2) is 9.98. The average Bonchev–Trinajstić information content (AvgIpc) is 2.75. The van der Waals surface area contributed by atoms with Crippen LogP contribution in [0.3, 0.4) is 0 Å². The molecule has 0 bridgehead atoms. The van der Waals surface area contributed by atoms with Crippen molar-refractivity contribution < 1.29 is 13.2 Å². The highest BCUT2D eigenvalue weighted by atomic mass is 35.5. The van der Waals surface area contributed by atoms with Crippen LogP contribution in [0.5, 0.6) is 0 Å². The summed E-state index contributed by atoms with van der Waals surface area (Å²) >= 11 is 5.94. The molecular formula is C26H29ClN2O3S. The summed E-state index contributed by atoms with van der Waals surface area (Å²) < 4.78 is 28.0. The Hall–Kier alpha value is -2.83. The molecule has 0 heterocycles. The van der Waals surface area contributed by atoms with Gasteiger partial charge in [-0.1, -0.05) is 41.4 Å². The van der Waals surface area contributed by atoms with Gasteiger partial charge in [-0.2, -0.15) is 0 Å². The topological polar surface area (TPSA) is 66.5 Å². The summed E-state index contributed by atoms with van der Waals surface area (Å²) in [7, 11) is -3.99. The SMILES string of the molecule is Cc1ccc(N(CC(=O)N[C@H](C)c2cc(C)c(C)cc2C)S(=O)(=O)c2ccc(Cl)cc2)cc1. The van der Waals surface area contributed by atoms with Crippen molar-refractivity contribution in [1.29, 1.82) is 0 Å². The predicted octanol–water partition coefficient (Wildman–Crippen LogP) is 5.65. The zero-order valence-electron chi connectivity index (χ0n) is 19.5. The Kier molecular flexibility index (Phi) is 7.50. The smallest absolute Gasteiger partial charge is 0.264 e. The number of carbonyl (C=O) groups excluding carboxylic acids is 1. The highest BCUT2D eigenvalue weighted by Crippen LogP contribution is 2.26. The molecule has 0 aliphatic carbocycles. The minimum atomic E-state index is -3.99. The Bertz CT molecular complexity index is 1250. The molecule has 0 spiro atoms. The lowest BCUT2D eigenvalue weighted by molar-refractivity contribution is -0.120. The van der Waals surface area contributed by atoms with Gasteiger partial charge >= 0.3 is 0 Å². The number of halogens is 1. The van der Waals surface area contributed by atoms with Gasteiger partial charge in [0.15, 0.2) is 0 Å². The summed E-state index contributed by atoms with van der Waals surface area (Å²) in [4.78, 5) is 13.1. The highest BCUT2D eigenvalue weighted by molar-refractivity contribution is 7.92. The van der Waals surface area contributed by atoms with Gasteiger partial charge in [-0.25, -0.2) is 8.42 Å². The molecule has 1 N–H and O–H groups in total. The summed E-state index contributed by atoms with van der Waals surface area (Å²) in [5, 5.41) is 3.40. The van der Waals surface area contributed by atoms with E-state index in [1.165, 1.54) is 29.8 Å². The number of sulfonamides is 1. The number of amides is 1. The van der Waals surface area contributed by atoms with Gasteiger partial charge in [-0.3, -0.25) is 9.10 Å². The minimum Gasteiger partial charge on any atom is -0.348 e. The number of aryl methyl sites for hydroxylation is 4. The van der Waals surface area contributed by atoms with Gasteiger partial charge in [0.25, 0.3) is 10.0 Å². The van der Waals surface area contributed by atoms with Crippen molar-refractivity contribution in [2.24, 2.45) is 0 Å². The van der Waals surface area contributed by atoms with Crippen LogP contribution in [0, 0.1) is 27.7 Å². The lowest BCUT2D eigenvalue weighted by Crippen LogP contribution is -2.41. The fourth-order valence-corrected chi connectivity index (χ4v) is 5.25. The molecule has 3 aromatic carbocycles. The van der Waals surface area contributed by atoms with E-state index in [4.69, 9.17) is 11.6 Å². The van der Waals surface area contributed by atoms with Crippen LogP contribution in [0.15, 0.2) is 65.6 Å². The summed E-state index contributed by atoms with van der Waals surface area (Å²) in [5.41, 5.74) is 5.83. The van der Waals surface area contributed by atoms with Crippen molar-refractivity contribution in [2.75, 3.05) is 10.8 Å². The van der Waals surface area contributed by atoms with Gasteiger partial charge in [-0.15, -0.1) is 0 Å². The van der Waals surface area contributed by atoms with E-state index in [0.29, 0.717) is 10.7 Å². The number of nitrogens with one attached hydrogen (secondary N) is 1. The quantitative estimate of drug-likeness (QED) is 0.471. The molecule has 7 heteroatoms. The van der Waals surface area contributed by atoms with Crippen molar-refractivity contribution in [3.63, 3.8) is 0 Å². The maximum atomic E-state index is 13.5. The Balaban J connectivity index is 1.90. The van der Waals surface area contributed by atoms with Crippen LogP contribution in [-0.4, -0.2) is 20.9 Å². The zero-order valence-corrected chi connectivity index (χ0v) is 21.1. The first-order valence-corrected chi connectivity index (χ1v) is 12.5. The van der Waals surface area contributed by atoms with Crippen LogP contribution in [0.1, 0.15) is 40.8 Å². The Morgan fingerprint density at radius 3 is 2.09 bits per heavy atom. The molecule has 33 heavy (non-hydrogen) atoms. The summed E-state index contributed by atoms with van der Waals surface area (Å²) in [6.07, 6.45) is 0. The van der Waals surface area contributed by atoms with Crippen LogP contribution >= 0.6 is 11.6 Å². The van der Waals surface area contributed by atoms with E-state index in [2.05, 4.69) is 24.4 Å². The van der Waals surface area contributed by atoms with Crippen LogP contribution in [0.4, 0.5) is 5.69 Å². The van der Waals surface area contributed by atoms with Gasteiger partial charge in [0.05, 0.1) is 16.6 Å². The Morgan fingerprint density at radius 1 is 0.909 bits per heavy atom. The first-order chi connectivity index (χ1) is 15.5. The van der Waals surface area contributed by atoms with E-state index < -0.39 is 15.9 Å². The number of rotatable bonds is 7. The monoisotopic (exact) mass is 484 g/mol. The third-order valence-corrected chi connectivity index (χ3v) is 7.78. The van der Waals surface area contributed by atoms with Crippen LogP contribution in [-0.2, 0) is 14.8 Å². The maximum Gasteiger partial charge on any atom is 0.264 e. The number of anilines is 1. The van der Waals surface area contributed by atoms with Crippen LogP contribution in [0.25, 0.3) is 0 Å². The Labute approximate surface area is 201 Å². The van der Waals surface area contributed by atoms with Crippen LogP contribution in [0.2, 0.25) is 5.02 Å². The standard InChI is InChI=1S/C26H29ClN2O3S/c1-17-6-10-23(11-7-17)29(33(31,32)24-12-8-22(27)9-13-24)16-26(30)28-21(5)25-15-19(3)18(2)14-20(25)4/h6-15,21H,16H2,1-5H3,(H,28,30)/t21-/m1/s1. The van der Waals surface area contributed by atoms with Gasteiger partial charge in [0.2, 0.25) is 5.91 Å². The van der Waals surface area contributed by atoms with Crippen molar-refractivity contribution in [3.05, 3.63) is 93.5 Å². The first-order valence-electron chi connectivity index (χ1n) is 10.7.